The summed E-state index contributed by atoms with van der Waals surface area (Å²) in [6.07, 6.45) is 1.55. The van der Waals surface area contributed by atoms with Crippen molar-refractivity contribution in [3.8, 4) is 11.5 Å². The lowest BCUT2D eigenvalue weighted by atomic mass is 10.1. The number of rotatable bonds is 8. The Balaban J connectivity index is 2.60. The van der Waals surface area contributed by atoms with Crippen molar-refractivity contribution in [2.75, 3.05) is 6.61 Å². The molecule has 1 N–H and O–H groups in total. The molecule has 0 aliphatic heterocycles. The molecule has 1 atom stereocenters. The molecule has 0 amide bonds. The average molecular weight is 252 g/mol. The van der Waals surface area contributed by atoms with Gasteiger partial charge in [0.15, 0.2) is 6.10 Å². The maximum absolute atomic E-state index is 11.0. The van der Waals surface area contributed by atoms with Crippen LogP contribution in [0.15, 0.2) is 24.3 Å². The maximum atomic E-state index is 11.0. The molecule has 0 bridgehead atoms. The molecule has 1 unspecified atom stereocenters. The van der Waals surface area contributed by atoms with Crippen LogP contribution in [0.3, 0.4) is 0 Å². The van der Waals surface area contributed by atoms with Gasteiger partial charge in [0.2, 0.25) is 0 Å². The molecule has 0 saturated heterocycles. The van der Waals surface area contributed by atoms with Gasteiger partial charge in [-0.15, -0.1) is 0 Å². The van der Waals surface area contributed by atoms with Gasteiger partial charge in [-0.2, -0.15) is 0 Å². The Kier molecular flexibility index (Phi) is 6.05. The van der Waals surface area contributed by atoms with Gasteiger partial charge >= 0.3 is 5.97 Å². The van der Waals surface area contributed by atoms with E-state index in [4.69, 9.17) is 14.6 Å². The molecular formula is C14H20O4. The highest BCUT2D eigenvalue weighted by Crippen LogP contribution is 2.20. The summed E-state index contributed by atoms with van der Waals surface area (Å²) < 4.78 is 10.8. The number of carboxylic acid groups (broad SMARTS) is 1. The van der Waals surface area contributed by atoms with Crippen LogP contribution in [0.4, 0.5) is 0 Å². The van der Waals surface area contributed by atoms with E-state index in [2.05, 4.69) is 0 Å². The molecule has 1 aromatic carbocycles. The van der Waals surface area contributed by atoms with Crippen LogP contribution in [-0.4, -0.2) is 23.8 Å². The highest BCUT2D eigenvalue weighted by atomic mass is 16.5. The summed E-state index contributed by atoms with van der Waals surface area (Å²) in [6.45, 7) is 4.54. The number of carbonyl (C=O) groups is 1. The summed E-state index contributed by atoms with van der Waals surface area (Å²) in [4.78, 5) is 11.0. The normalized spacial score (nSPS) is 11.9. The second-order valence-corrected chi connectivity index (χ2v) is 3.99. The monoisotopic (exact) mass is 252 g/mol. The predicted molar refractivity (Wildman–Crippen MR) is 69.2 cm³/mol. The zero-order valence-corrected chi connectivity index (χ0v) is 10.9. The van der Waals surface area contributed by atoms with Crippen molar-refractivity contribution < 1.29 is 19.4 Å². The number of benzene rings is 1. The largest absolute Gasteiger partial charge is 0.494 e. The molecular weight excluding hydrogens is 232 g/mol. The summed E-state index contributed by atoms with van der Waals surface area (Å²) in [7, 11) is 0. The molecule has 0 radical (unpaired) electrons. The molecule has 0 fully saturated rings. The Hall–Kier alpha value is -1.71. The Morgan fingerprint density at radius 1 is 1.22 bits per heavy atom. The predicted octanol–water partition coefficient (Wildman–Crippen LogP) is 3.11. The van der Waals surface area contributed by atoms with Gasteiger partial charge in [0, 0.05) is 0 Å². The second kappa shape index (κ2) is 7.58. The van der Waals surface area contributed by atoms with Gasteiger partial charge in [0.05, 0.1) is 6.61 Å². The summed E-state index contributed by atoms with van der Waals surface area (Å²) >= 11 is 0. The molecule has 100 valence electrons. The van der Waals surface area contributed by atoms with Gasteiger partial charge in [-0.05, 0) is 44.0 Å². The van der Waals surface area contributed by atoms with Crippen molar-refractivity contribution in [3.63, 3.8) is 0 Å². The van der Waals surface area contributed by atoms with Crippen LogP contribution in [0.5, 0.6) is 11.5 Å². The van der Waals surface area contributed by atoms with Crippen molar-refractivity contribution in [2.45, 2.75) is 39.2 Å². The van der Waals surface area contributed by atoms with Gasteiger partial charge in [-0.25, -0.2) is 4.79 Å². The molecule has 1 rings (SSSR count). The first-order valence-electron chi connectivity index (χ1n) is 6.29. The van der Waals surface area contributed by atoms with E-state index in [9.17, 15) is 4.79 Å². The van der Waals surface area contributed by atoms with Crippen LogP contribution in [0.2, 0.25) is 0 Å². The van der Waals surface area contributed by atoms with E-state index in [1.54, 1.807) is 24.3 Å². The quantitative estimate of drug-likeness (QED) is 0.772. The van der Waals surface area contributed by atoms with Crippen molar-refractivity contribution in [3.05, 3.63) is 24.3 Å². The highest BCUT2D eigenvalue weighted by Gasteiger charge is 2.18. The van der Waals surface area contributed by atoms with Crippen LogP contribution in [0.25, 0.3) is 0 Å². The number of aliphatic carboxylic acids is 1. The van der Waals surface area contributed by atoms with E-state index in [0.717, 1.165) is 18.6 Å². The topological polar surface area (TPSA) is 55.8 Å². The minimum Gasteiger partial charge on any atom is -0.494 e. The van der Waals surface area contributed by atoms with Crippen molar-refractivity contribution >= 4 is 5.97 Å². The summed E-state index contributed by atoms with van der Waals surface area (Å²) in [6, 6.07) is 7.01. The Morgan fingerprint density at radius 3 is 2.33 bits per heavy atom. The van der Waals surface area contributed by atoms with Crippen LogP contribution < -0.4 is 9.47 Å². The standard InChI is InChI=1S/C14H20O4/c1-3-5-6-13(14(15)16)18-12-9-7-11(8-10-12)17-4-2/h7-10,13H,3-6H2,1-2H3,(H,15,16). The Labute approximate surface area is 108 Å². The van der Waals surface area contributed by atoms with E-state index in [1.165, 1.54) is 0 Å². The third-order valence-electron chi connectivity index (χ3n) is 2.51. The van der Waals surface area contributed by atoms with Gasteiger partial charge in [0.1, 0.15) is 11.5 Å². The zero-order valence-electron chi connectivity index (χ0n) is 10.9. The van der Waals surface area contributed by atoms with E-state index in [-0.39, 0.29) is 0 Å². The molecule has 1 aromatic rings. The number of unbranched alkanes of at least 4 members (excludes halogenated alkanes) is 1. The van der Waals surface area contributed by atoms with Crippen LogP contribution >= 0.6 is 0 Å². The minimum absolute atomic E-state index is 0.527. The summed E-state index contributed by atoms with van der Waals surface area (Å²) in [5.41, 5.74) is 0. The molecule has 4 nitrogen and oxygen atoms in total. The second-order valence-electron chi connectivity index (χ2n) is 3.99. The zero-order chi connectivity index (χ0) is 13.4. The maximum Gasteiger partial charge on any atom is 0.344 e. The van der Waals surface area contributed by atoms with Gasteiger partial charge in [-0.3, -0.25) is 0 Å². The number of hydrogen-bond donors (Lipinski definition) is 1. The lowest BCUT2D eigenvalue weighted by Gasteiger charge is -2.15. The molecule has 0 aromatic heterocycles. The first-order valence-corrected chi connectivity index (χ1v) is 6.29. The van der Waals surface area contributed by atoms with Crippen molar-refractivity contribution in [1.29, 1.82) is 0 Å². The average Bonchev–Trinajstić information content (AvgIpc) is 2.36. The number of ether oxygens (including phenoxy) is 2. The smallest absolute Gasteiger partial charge is 0.344 e. The molecule has 18 heavy (non-hydrogen) atoms. The molecule has 4 heteroatoms. The van der Waals surface area contributed by atoms with Crippen LogP contribution in [0, 0.1) is 0 Å². The van der Waals surface area contributed by atoms with E-state index < -0.39 is 12.1 Å². The minimum atomic E-state index is -0.919. The van der Waals surface area contributed by atoms with Gasteiger partial charge in [-0.1, -0.05) is 13.3 Å². The molecule has 0 heterocycles. The third kappa shape index (κ3) is 4.65. The molecule has 0 saturated carbocycles. The summed E-state index contributed by atoms with van der Waals surface area (Å²) in [5.74, 6) is 0.393. The molecule has 0 aliphatic rings. The fourth-order valence-electron chi connectivity index (χ4n) is 1.57. The fourth-order valence-corrected chi connectivity index (χ4v) is 1.57. The number of hydrogen-bond acceptors (Lipinski definition) is 3. The lowest BCUT2D eigenvalue weighted by Crippen LogP contribution is -2.26. The fraction of sp³-hybridized carbons (Fsp3) is 0.500. The SMILES string of the molecule is CCCCC(Oc1ccc(OCC)cc1)C(=O)O. The Bertz CT molecular complexity index is 359. The summed E-state index contributed by atoms with van der Waals surface area (Å²) in [5, 5.41) is 9.05. The van der Waals surface area contributed by atoms with Crippen LogP contribution in [0.1, 0.15) is 33.1 Å². The first-order chi connectivity index (χ1) is 8.67. The molecule has 0 aliphatic carbocycles. The number of carboxylic acids is 1. The lowest BCUT2D eigenvalue weighted by molar-refractivity contribution is -0.145. The molecule has 0 spiro atoms. The van der Waals surface area contributed by atoms with Gasteiger partial charge in [0.25, 0.3) is 0 Å². The highest BCUT2D eigenvalue weighted by molar-refractivity contribution is 5.72. The van der Waals surface area contributed by atoms with E-state index in [0.29, 0.717) is 18.8 Å². The Morgan fingerprint density at radius 2 is 1.83 bits per heavy atom. The van der Waals surface area contributed by atoms with E-state index in [1.807, 2.05) is 13.8 Å². The van der Waals surface area contributed by atoms with Crippen molar-refractivity contribution in [2.24, 2.45) is 0 Å². The first kappa shape index (κ1) is 14.4. The van der Waals surface area contributed by atoms with Crippen LogP contribution in [-0.2, 0) is 4.79 Å². The van der Waals surface area contributed by atoms with Crippen molar-refractivity contribution in [1.82, 2.24) is 0 Å². The third-order valence-corrected chi connectivity index (χ3v) is 2.51. The van der Waals surface area contributed by atoms with Gasteiger partial charge < -0.3 is 14.6 Å². The van der Waals surface area contributed by atoms with E-state index >= 15 is 0 Å².